The van der Waals surface area contributed by atoms with Crippen LogP contribution in [0.2, 0.25) is 0 Å². The van der Waals surface area contributed by atoms with Crippen LogP contribution < -0.4 is 0 Å². The first kappa shape index (κ1) is 28.5. The Balaban J connectivity index is 1.13. The predicted octanol–water partition coefficient (Wildman–Crippen LogP) is 12.1. The van der Waals surface area contributed by atoms with Gasteiger partial charge in [-0.05, 0) is 59.5 Å². The van der Waals surface area contributed by atoms with Crippen LogP contribution >= 0.6 is 0 Å². The fourth-order valence-electron chi connectivity index (χ4n) is 7.55. The highest BCUT2D eigenvalue weighted by Crippen LogP contribution is 2.41. The van der Waals surface area contributed by atoms with Crippen LogP contribution in [0.3, 0.4) is 0 Å². The van der Waals surface area contributed by atoms with Gasteiger partial charge in [0.15, 0.2) is 11.4 Å². The van der Waals surface area contributed by atoms with Crippen LogP contribution in [0.15, 0.2) is 174 Å². The highest BCUT2D eigenvalue weighted by molar-refractivity contribution is 6.14. The maximum absolute atomic E-state index is 6.59. The lowest BCUT2D eigenvalue weighted by Gasteiger charge is -2.14. The molecule has 0 N–H and O–H groups in total. The molecule has 1 unspecified atom stereocenters. The maximum Gasteiger partial charge on any atom is 0.180 e. The van der Waals surface area contributed by atoms with E-state index >= 15 is 0 Å². The van der Waals surface area contributed by atoms with Crippen LogP contribution in [-0.2, 0) is 0 Å². The summed E-state index contributed by atoms with van der Waals surface area (Å²) in [4.78, 5) is 10.2. The normalized spacial score (nSPS) is 14.4. The molecule has 0 spiro atoms. The van der Waals surface area contributed by atoms with Gasteiger partial charge in [0, 0.05) is 33.5 Å². The fraction of sp³-hybridized carbons (Fsp3) is 0.0435. The zero-order valence-electron chi connectivity index (χ0n) is 27.2. The molecule has 0 amide bonds. The van der Waals surface area contributed by atoms with Crippen LogP contribution in [-0.4, -0.2) is 14.5 Å². The first-order valence-corrected chi connectivity index (χ1v) is 17.1. The van der Waals surface area contributed by atoms with E-state index in [0.717, 1.165) is 56.5 Å². The number of allylic oxidation sites excluding steroid dienone is 4. The van der Waals surface area contributed by atoms with Crippen molar-refractivity contribution in [1.82, 2.24) is 14.5 Å². The third-order valence-electron chi connectivity index (χ3n) is 9.96. The lowest BCUT2D eigenvalue weighted by atomic mass is 9.91. The van der Waals surface area contributed by atoms with E-state index in [0.29, 0.717) is 17.3 Å². The molecule has 0 saturated carbocycles. The number of rotatable bonds is 5. The fourth-order valence-corrected chi connectivity index (χ4v) is 7.55. The van der Waals surface area contributed by atoms with Crippen molar-refractivity contribution < 1.29 is 4.42 Å². The Morgan fingerprint density at radius 3 is 2.16 bits per heavy atom. The van der Waals surface area contributed by atoms with Crippen LogP contribution in [0.5, 0.6) is 0 Å². The average Bonchev–Trinajstić information content (AvgIpc) is 3.74. The number of aromatic nitrogens is 3. The summed E-state index contributed by atoms with van der Waals surface area (Å²) in [5, 5.41) is 3.53. The largest absolute Gasteiger partial charge is 0.452 e. The smallest absolute Gasteiger partial charge is 0.180 e. The van der Waals surface area contributed by atoms with Crippen molar-refractivity contribution >= 4 is 43.9 Å². The molecule has 4 heteroatoms. The molecule has 3 heterocycles. The van der Waals surface area contributed by atoms with Gasteiger partial charge in [-0.3, -0.25) is 0 Å². The van der Waals surface area contributed by atoms with E-state index in [2.05, 4.69) is 132 Å². The monoisotopic (exact) mass is 641 g/mol. The zero-order valence-corrected chi connectivity index (χ0v) is 27.2. The summed E-state index contributed by atoms with van der Waals surface area (Å²) in [5.41, 5.74) is 12.1. The van der Waals surface area contributed by atoms with Crippen molar-refractivity contribution in [3.8, 4) is 39.5 Å². The van der Waals surface area contributed by atoms with E-state index in [9.17, 15) is 0 Å². The Hall–Kier alpha value is -6.52. The van der Waals surface area contributed by atoms with Crippen molar-refractivity contribution in [2.75, 3.05) is 0 Å². The van der Waals surface area contributed by atoms with Crippen molar-refractivity contribution in [3.05, 3.63) is 175 Å². The number of benzene rings is 6. The highest BCUT2D eigenvalue weighted by atomic mass is 16.3. The van der Waals surface area contributed by atoms with E-state index in [1.165, 1.54) is 27.4 Å². The minimum Gasteiger partial charge on any atom is -0.452 e. The van der Waals surface area contributed by atoms with Gasteiger partial charge in [0.05, 0.1) is 16.4 Å². The number of hydrogen-bond acceptors (Lipinski definition) is 3. The lowest BCUT2D eigenvalue weighted by molar-refractivity contribution is 0.667. The number of furan rings is 1. The van der Waals surface area contributed by atoms with Gasteiger partial charge >= 0.3 is 0 Å². The van der Waals surface area contributed by atoms with Gasteiger partial charge in [0.25, 0.3) is 0 Å². The molecule has 3 aromatic heterocycles. The summed E-state index contributed by atoms with van der Waals surface area (Å²) in [6.07, 6.45) is 9.89. The number of fused-ring (bicyclic) bond motifs is 6. The summed E-state index contributed by atoms with van der Waals surface area (Å²) >= 11 is 0. The van der Waals surface area contributed by atoms with Crippen molar-refractivity contribution in [1.29, 1.82) is 0 Å². The SMILES string of the molecule is C1=CCC(c2ccc3c(c2)c2ccccc2n3-c2ccc(-c3cccc4oc5c(-c6ccccc6)nc(-c6ccccc6)nc5c34)cc2)C=C1. The van der Waals surface area contributed by atoms with E-state index in [1.54, 1.807) is 0 Å². The molecule has 4 nitrogen and oxygen atoms in total. The standard InChI is InChI=1S/C46H31N3O/c1-4-13-30(14-5-1)34-25-28-40-38(29-34)37-19-10-11-21-39(37)49(40)35-26-23-31(24-27-35)36-20-12-22-41-42(36)44-45(50-41)43(32-15-6-2-7-16-32)47-46(48-44)33-17-8-3-9-18-33/h1-13,15-30H,14H2. The second-order valence-electron chi connectivity index (χ2n) is 12.9. The first-order chi connectivity index (χ1) is 24.8. The van der Waals surface area contributed by atoms with Crippen molar-refractivity contribution in [2.24, 2.45) is 0 Å². The third kappa shape index (κ3) is 4.61. The molecule has 50 heavy (non-hydrogen) atoms. The molecule has 1 aliphatic carbocycles. The molecule has 0 aliphatic heterocycles. The van der Waals surface area contributed by atoms with Gasteiger partial charge in [-0.1, -0.05) is 133 Å². The minimum atomic E-state index is 0.408. The Morgan fingerprint density at radius 2 is 1.36 bits per heavy atom. The summed E-state index contributed by atoms with van der Waals surface area (Å²) in [6, 6.07) is 51.2. The third-order valence-corrected chi connectivity index (χ3v) is 9.96. The quantitative estimate of drug-likeness (QED) is 0.188. The number of para-hydroxylation sites is 1. The van der Waals surface area contributed by atoms with Crippen molar-refractivity contribution in [2.45, 2.75) is 12.3 Å². The number of hydrogen-bond donors (Lipinski definition) is 0. The van der Waals surface area contributed by atoms with Crippen LogP contribution in [0.4, 0.5) is 0 Å². The summed E-state index contributed by atoms with van der Waals surface area (Å²) in [7, 11) is 0. The Kier molecular flexibility index (Phi) is 6.59. The molecule has 0 bridgehead atoms. The van der Waals surface area contributed by atoms with E-state index in [1.807, 2.05) is 42.5 Å². The molecular formula is C46H31N3O. The molecule has 1 atom stereocenters. The van der Waals surface area contributed by atoms with Crippen LogP contribution in [0.25, 0.3) is 83.3 Å². The van der Waals surface area contributed by atoms with Crippen molar-refractivity contribution in [3.63, 3.8) is 0 Å². The summed E-state index contributed by atoms with van der Waals surface area (Å²) in [5.74, 6) is 1.08. The molecule has 6 aromatic carbocycles. The van der Waals surface area contributed by atoms with Gasteiger partial charge in [-0.15, -0.1) is 0 Å². The second kappa shape index (κ2) is 11.6. The average molecular weight is 642 g/mol. The zero-order chi connectivity index (χ0) is 33.0. The molecule has 0 radical (unpaired) electrons. The molecule has 236 valence electrons. The van der Waals surface area contributed by atoms with E-state index < -0.39 is 0 Å². The van der Waals surface area contributed by atoms with Gasteiger partial charge < -0.3 is 8.98 Å². The Morgan fingerprint density at radius 1 is 0.600 bits per heavy atom. The van der Waals surface area contributed by atoms with Gasteiger partial charge in [0.1, 0.15) is 16.8 Å². The second-order valence-corrected chi connectivity index (χ2v) is 12.9. The van der Waals surface area contributed by atoms with Gasteiger partial charge in [-0.2, -0.15) is 0 Å². The highest BCUT2D eigenvalue weighted by Gasteiger charge is 2.21. The maximum atomic E-state index is 6.59. The molecule has 0 saturated heterocycles. The minimum absolute atomic E-state index is 0.408. The van der Waals surface area contributed by atoms with Crippen LogP contribution in [0.1, 0.15) is 17.9 Å². The summed E-state index contributed by atoms with van der Waals surface area (Å²) < 4.78 is 8.97. The number of nitrogens with zero attached hydrogens (tertiary/aromatic N) is 3. The molecule has 9 aromatic rings. The predicted molar refractivity (Wildman–Crippen MR) is 206 cm³/mol. The summed E-state index contributed by atoms with van der Waals surface area (Å²) in [6.45, 7) is 0. The molecule has 10 rings (SSSR count). The van der Waals surface area contributed by atoms with Crippen LogP contribution in [0, 0.1) is 0 Å². The molecule has 1 aliphatic rings. The first-order valence-electron chi connectivity index (χ1n) is 17.1. The Labute approximate surface area is 289 Å². The van der Waals surface area contributed by atoms with Gasteiger partial charge in [-0.25, -0.2) is 9.97 Å². The topological polar surface area (TPSA) is 43.9 Å². The van der Waals surface area contributed by atoms with E-state index in [4.69, 9.17) is 14.4 Å². The lowest BCUT2D eigenvalue weighted by Crippen LogP contribution is -1.97. The Bertz CT molecular complexity index is 2770. The van der Waals surface area contributed by atoms with Gasteiger partial charge in [0.2, 0.25) is 0 Å². The molecule has 0 fully saturated rings. The molecular weight excluding hydrogens is 611 g/mol. The van der Waals surface area contributed by atoms with E-state index in [-0.39, 0.29) is 0 Å².